The Kier molecular flexibility index (Phi) is 3.58. The number of nitrogens with zero attached hydrogens (tertiary/aromatic N) is 2. The van der Waals surface area contributed by atoms with E-state index in [1.165, 1.54) is 0 Å². The van der Waals surface area contributed by atoms with Crippen molar-refractivity contribution in [2.75, 3.05) is 0 Å². The van der Waals surface area contributed by atoms with E-state index in [0.29, 0.717) is 6.21 Å². The molecule has 0 bridgehead atoms. The van der Waals surface area contributed by atoms with Crippen LogP contribution >= 0.6 is 0 Å². The first kappa shape index (κ1) is 10.2. The molecule has 0 aliphatic carbocycles. The van der Waals surface area contributed by atoms with Crippen LogP contribution in [0.5, 0.6) is 0 Å². The zero-order chi connectivity index (χ0) is 10.4. The van der Waals surface area contributed by atoms with Crippen molar-refractivity contribution in [1.29, 1.82) is 0 Å². The number of carbonyl (C=O) groups excluding carboxylic acids is 1. The summed E-state index contributed by atoms with van der Waals surface area (Å²) in [5, 5.41) is 0. The first-order valence-corrected chi connectivity index (χ1v) is 4.12. The summed E-state index contributed by atoms with van der Waals surface area (Å²) in [6.45, 7) is 2.17. The molecular weight excluding hydrogens is 180 g/mol. The molecule has 4 heteroatoms. The number of aryl methyl sites for hydroxylation is 1. The standard InChI is InChI=1S/C10H10N2O2/c1-8-2-4-9(5-3-8)7-14-10(13)6-12-11/h2-6H,7H2,1H3. The number of esters is 1. The summed E-state index contributed by atoms with van der Waals surface area (Å²) in [4.78, 5) is 13.3. The van der Waals surface area contributed by atoms with Crippen molar-refractivity contribution in [3.63, 3.8) is 0 Å². The van der Waals surface area contributed by atoms with Crippen LogP contribution in [0.15, 0.2) is 24.3 Å². The van der Waals surface area contributed by atoms with E-state index >= 15 is 0 Å². The highest BCUT2D eigenvalue weighted by atomic mass is 16.5. The van der Waals surface area contributed by atoms with Gasteiger partial charge in [0.15, 0.2) is 0 Å². The van der Waals surface area contributed by atoms with Gasteiger partial charge in [0.05, 0.1) is 0 Å². The van der Waals surface area contributed by atoms with Crippen molar-refractivity contribution >= 4 is 12.2 Å². The van der Waals surface area contributed by atoms with Gasteiger partial charge in [0, 0.05) is 0 Å². The largest absolute Gasteiger partial charge is 0.452 e. The van der Waals surface area contributed by atoms with E-state index in [-0.39, 0.29) is 6.61 Å². The minimum absolute atomic E-state index is 0.186. The van der Waals surface area contributed by atoms with E-state index in [9.17, 15) is 4.79 Å². The molecule has 4 nitrogen and oxygen atoms in total. The predicted molar refractivity (Wildman–Crippen MR) is 50.7 cm³/mol. The molecule has 0 unspecified atom stereocenters. The van der Waals surface area contributed by atoms with Gasteiger partial charge in [-0.1, -0.05) is 29.8 Å². The Bertz CT molecular complexity index is 364. The number of hydrogen-bond donors (Lipinski definition) is 0. The van der Waals surface area contributed by atoms with Gasteiger partial charge in [0.1, 0.15) is 6.61 Å². The van der Waals surface area contributed by atoms with Crippen LogP contribution in [0.3, 0.4) is 0 Å². The van der Waals surface area contributed by atoms with Gasteiger partial charge < -0.3 is 10.3 Å². The Labute approximate surface area is 81.7 Å². The quantitative estimate of drug-likeness (QED) is 0.312. The molecule has 0 N–H and O–H groups in total. The van der Waals surface area contributed by atoms with Gasteiger partial charge >= 0.3 is 12.2 Å². The third-order valence-corrected chi connectivity index (χ3v) is 1.66. The maximum absolute atomic E-state index is 10.8. The predicted octanol–water partition coefficient (Wildman–Crippen LogP) is 1.34. The lowest BCUT2D eigenvalue weighted by Crippen LogP contribution is -2.05. The molecule has 0 radical (unpaired) electrons. The summed E-state index contributed by atoms with van der Waals surface area (Å²) in [6.07, 6.45) is 0.716. The summed E-state index contributed by atoms with van der Waals surface area (Å²) in [7, 11) is 0. The topological polar surface area (TPSA) is 62.7 Å². The van der Waals surface area contributed by atoms with Gasteiger partial charge in [0.2, 0.25) is 0 Å². The van der Waals surface area contributed by atoms with E-state index < -0.39 is 5.97 Å². The first-order chi connectivity index (χ1) is 6.72. The number of hydrogen-bond acceptors (Lipinski definition) is 2. The normalized spacial score (nSPS) is 8.93. The fraction of sp³-hybridized carbons (Fsp3) is 0.200. The Morgan fingerprint density at radius 3 is 2.71 bits per heavy atom. The molecule has 72 valence electrons. The van der Waals surface area contributed by atoms with Crippen molar-refractivity contribution in [2.45, 2.75) is 13.5 Å². The van der Waals surface area contributed by atoms with Crippen LogP contribution in [0.4, 0.5) is 0 Å². The summed E-state index contributed by atoms with van der Waals surface area (Å²) in [5.41, 5.74) is 10.1. The molecule has 1 aromatic rings. The van der Waals surface area contributed by atoms with E-state index in [2.05, 4.69) is 4.79 Å². The maximum atomic E-state index is 10.8. The Morgan fingerprint density at radius 1 is 1.50 bits per heavy atom. The van der Waals surface area contributed by atoms with Crippen LogP contribution in [-0.4, -0.2) is 17.0 Å². The molecule has 0 saturated carbocycles. The van der Waals surface area contributed by atoms with Crippen molar-refractivity contribution in [3.05, 3.63) is 40.9 Å². The lowest BCUT2D eigenvalue weighted by Gasteiger charge is -2.00. The average molecular weight is 190 g/mol. The second-order valence-corrected chi connectivity index (χ2v) is 2.84. The molecule has 1 aromatic carbocycles. The van der Waals surface area contributed by atoms with Gasteiger partial charge in [-0.3, -0.25) is 0 Å². The van der Waals surface area contributed by atoms with Crippen LogP contribution in [-0.2, 0) is 16.1 Å². The minimum Gasteiger partial charge on any atom is -0.452 e. The molecule has 0 saturated heterocycles. The van der Waals surface area contributed by atoms with Gasteiger partial charge in [0.25, 0.3) is 0 Å². The number of carbonyl (C=O) groups is 1. The number of ether oxygens (including phenoxy) is 1. The van der Waals surface area contributed by atoms with Gasteiger partial charge in [-0.05, 0) is 12.5 Å². The van der Waals surface area contributed by atoms with Gasteiger partial charge in [-0.2, -0.15) is 4.79 Å². The zero-order valence-electron chi connectivity index (χ0n) is 7.80. The monoisotopic (exact) mass is 190 g/mol. The molecule has 0 aliphatic heterocycles. The number of rotatable bonds is 3. The summed E-state index contributed by atoms with van der Waals surface area (Å²) >= 11 is 0. The first-order valence-electron chi connectivity index (χ1n) is 4.12. The second kappa shape index (κ2) is 4.94. The van der Waals surface area contributed by atoms with Crippen molar-refractivity contribution in [3.8, 4) is 0 Å². The Balaban J connectivity index is 2.49. The van der Waals surface area contributed by atoms with Gasteiger partial charge in [-0.15, -0.1) is 0 Å². The van der Waals surface area contributed by atoms with Gasteiger partial charge in [-0.25, -0.2) is 4.79 Å². The molecule has 1 rings (SSSR count). The van der Waals surface area contributed by atoms with Crippen molar-refractivity contribution in [2.24, 2.45) is 0 Å². The summed E-state index contributed by atoms with van der Waals surface area (Å²) in [5.74, 6) is -0.659. The van der Waals surface area contributed by atoms with Crippen LogP contribution in [0.1, 0.15) is 11.1 Å². The summed E-state index contributed by atoms with van der Waals surface area (Å²) < 4.78 is 4.76. The highest BCUT2D eigenvalue weighted by Crippen LogP contribution is 2.04. The molecular formula is C10H10N2O2. The lowest BCUT2D eigenvalue weighted by atomic mass is 10.2. The van der Waals surface area contributed by atoms with Crippen LogP contribution in [0.25, 0.3) is 5.53 Å². The molecule has 0 aliphatic rings. The SMILES string of the molecule is Cc1ccc(COC(=O)C=[N+]=[N-])cc1. The van der Waals surface area contributed by atoms with Crippen LogP contribution in [0.2, 0.25) is 0 Å². The lowest BCUT2D eigenvalue weighted by molar-refractivity contribution is -0.140. The molecule has 0 heterocycles. The molecule has 0 fully saturated rings. The molecule has 14 heavy (non-hydrogen) atoms. The van der Waals surface area contributed by atoms with E-state index in [1.807, 2.05) is 31.2 Å². The van der Waals surface area contributed by atoms with Crippen LogP contribution < -0.4 is 0 Å². The van der Waals surface area contributed by atoms with E-state index in [1.54, 1.807) is 0 Å². The molecule has 0 atom stereocenters. The van der Waals surface area contributed by atoms with Crippen LogP contribution in [0, 0.1) is 6.92 Å². The minimum atomic E-state index is -0.659. The van der Waals surface area contributed by atoms with E-state index in [4.69, 9.17) is 10.3 Å². The van der Waals surface area contributed by atoms with Crippen molar-refractivity contribution in [1.82, 2.24) is 0 Å². The third-order valence-electron chi connectivity index (χ3n) is 1.66. The Hall–Kier alpha value is -1.93. The van der Waals surface area contributed by atoms with Crippen molar-refractivity contribution < 1.29 is 14.3 Å². The fourth-order valence-corrected chi connectivity index (χ4v) is 0.923. The fourth-order valence-electron chi connectivity index (χ4n) is 0.923. The van der Waals surface area contributed by atoms with E-state index in [0.717, 1.165) is 11.1 Å². The average Bonchev–Trinajstić information content (AvgIpc) is 2.17. The Morgan fingerprint density at radius 2 is 2.14 bits per heavy atom. The summed E-state index contributed by atoms with van der Waals surface area (Å²) in [6, 6.07) is 7.62. The third kappa shape index (κ3) is 3.21. The zero-order valence-corrected chi connectivity index (χ0v) is 7.80. The highest BCUT2D eigenvalue weighted by molar-refractivity contribution is 6.20. The molecule has 0 amide bonds. The maximum Gasteiger partial charge on any atom is 0.413 e. The smallest absolute Gasteiger partial charge is 0.413 e. The highest BCUT2D eigenvalue weighted by Gasteiger charge is 2.02. The second-order valence-electron chi connectivity index (χ2n) is 2.84. The molecule has 0 aromatic heterocycles. The number of benzene rings is 1. The molecule has 0 spiro atoms.